The van der Waals surface area contributed by atoms with Crippen molar-refractivity contribution in [3.63, 3.8) is 0 Å². The van der Waals surface area contributed by atoms with Crippen LogP contribution in [-0.2, 0) is 0 Å². The molecule has 0 unspecified atom stereocenters. The van der Waals surface area contributed by atoms with Gasteiger partial charge in [-0.2, -0.15) is 0 Å². The van der Waals surface area contributed by atoms with Gasteiger partial charge in [0, 0.05) is 5.56 Å². The molecule has 120 valence electrons. The van der Waals surface area contributed by atoms with E-state index in [9.17, 15) is 9.59 Å². The average molecular weight is 323 g/mol. The fourth-order valence-electron chi connectivity index (χ4n) is 2.16. The molecule has 0 aliphatic heterocycles. The van der Waals surface area contributed by atoms with Gasteiger partial charge in [-0.3, -0.25) is 4.79 Å². The maximum Gasteiger partial charge on any atom is 0.335 e. The summed E-state index contributed by atoms with van der Waals surface area (Å²) in [5.41, 5.74) is 9.04. The Labute approximate surface area is 135 Å². The van der Waals surface area contributed by atoms with Crippen LogP contribution in [0.2, 0.25) is 0 Å². The molecule has 4 rings (SSSR count). The lowest BCUT2D eigenvalue weighted by Gasteiger charge is -1.93. The molecule has 8 heteroatoms. The molecule has 24 heavy (non-hydrogen) atoms. The van der Waals surface area contributed by atoms with Gasteiger partial charge in [-0.15, -0.1) is 0 Å². The molecule has 2 aromatic carbocycles. The molecule has 0 atom stereocenters. The highest BCUT2D eigenvalue weighted by atomic mass is 16.4. The molecule has 2 heterocycles. The van der Waals surface area contributed by atoms with Crippen molar-refractivity contribution in [3.05, 3.63) is 60.2 Å². The number of nitrogens with one attached hydrogen (secondary N) is 2. The highest BCUT2D eigenvalue weighted by Crippen LogP contribution is 2.11. The van der Waals surface area contributed by atoms with Crippen molar-refractivity contribution in [2.75, 3.05) is 0 Å². The minimum atomic E-state index is -0.925. The number of benzene rings is 2. The number of carbonyl (C=O) groups is 2. The molecule has 4 aromatic rings. The van der Waals surface area contributed by atoms with Crippen LogP contribution in [0.4, 0.5) is 0 Å². The first-order valence-electron chi connectivity index (χ1n) is 6.94. The highest BCUT2D eigenvalue weighted by Gasteiger charge is 2.03. The van der Waals surface area contributed by atoms with Crippen molar-refractivity contribution in [3.8, 4) is 0 Å². The number of amides is 1. The Balaban J connectivity index is 0.000000141. The summed E-state index contributed by atoms with van der Waals surface area (Å²) in [5.74, 6) is -1.35. The molecule has 0 aliphatic carbocycles. The smallest absolute Gasteiger partial charge is 0.335 e. The third kappa shape index (κ3) is 3.07. The Morgan fingerprint density at radius 3 is 1.88 bits per heavy atom. The summed E-state index contributed by atoms with van der Waals surface area (Å²) < 4.78 is 0. The summed E-state index contributed by atoms with van der Waals surface area (Å²) in [4.78, 5) is 35.0. The van der Waals surface area contributed by atoms with Gasteiger partial charge in [0.2, 0.25) is 5.91 Å². The number of carbonyl (C=O) groups excluding carboxylic acids is 1. The Bertz CT molecular complexity index is 950. The summed E-state index contributed by atoms with van der Waals surface area (Å²) in [6.45, 7) is 0. The first-order valence-corrected chi connectivity index (χ1v) is 6.94. The fraction of sp³-hybridized carbons (Fsp3) is 0. The lowest BCUT2D eigenvalue weighted by Crippen LogP contribution is -2.10. The minimum Gasteiger partial charge on any atom is -0.478 e. The number of hydrogen-bond acceptors (Lipinski definition) is 4. The SMILES string of the molecule is NC(=O)c1ccc2nc[nH]c2c1.O=C(O)c1ccc2nc[nH]c2c1. The molecule has 0 saturated carbocycles. The maximum absolute atomic E-state index is 10.8. The molecule has 1 amide bonds. The number of aromatic amines is 2. The van der Waals surface area contributed by atoms with Crippen molar-refractivity contribution in [2.45, 2.75) is 0 Å². The number of fused-ring (bicyclic) bond motifs is 2. The van der Waals surface area contributed by atoms with Crippen molar-refractivity contribution in [2.24, 2.45) is 5.73 Å². The summed E-state index contributed by atoms with van der Waals surface area (Å²) >= 11 is 0. The average Bonchev–Trinajstić information content (AvgIpc) is 3.22. The van der Waals surface area contributed by atoms with E-state index in [1.807, 2.05) is 0 Å². The lowest BCUT2D eigenvalue weighted by atomic mass is 10.2. The molecule has 0 fully saturated rings. The van der Waals surface area contributed by atoms with Gasteiger partial charge in [0.05, 0.1) is 40.3 Å². The summed E-state index contributed by atoms with van der Waals surface area (Å²) in [7, 11) is 0. The largest absolute Gasteiger partial charge is 0.478 e. The number of H-pyrrole nitrogens is 2. The van der Waals surface area contributed by atoms with Crippen molar-refractivity contribution < 1.29 is 14.7 Å². The van der Waals surface area contributed by atoms with Crippen LogP contribution in [0.25, 0.3) is 22.1 Å². The predicted octanol–water partition coefficient (Wildman–Crippen LogP) is 1.92. The zero-order valence-corrected chi connectivity index (χ0v) is 12.4. The van der Waals surface area contributed by atoms with E-state index < -0.39 is 11.9 Å². The minimum absolute atomic E-state index is 0.270. The number of nitrogens with two attached hydrogens (primary N) is 1. The second-order valence-corrected chi connectivity index (χ2v) is 4.94. The number of rotatable bonds is 2. The van der Waals surface area contributed by atoms with Crippen LogP contribution in [0, 0.1) is 0 Å². The maximum atomic E-state index is 10.8. The summed E-state index contributed by atoms with van der Waals surface area (Å²) in [5, 5.41) is 8.65. The van der Waals surface area contributed by atoms with Crippen molar-refractivity contribution in [1.29, 1.82) is 0 Å². The quantitative estimate of drug-likeness (QED) is 0.446. The molecular weight excluding hydrogens is 310 g/mol. The molecule has 0 spiro atoms. The zero-order chi connectivity index (χ0) is 17.1. The number of nitrogens with zero attached hydrogens (tertiary/aromatic N) is 2. The number of carboxylic acid groups (broad SMARTS) is 1. The molecule has 8 nitrogen and oxygen atoms in total. The van der Waals surface area contributed by atoms with E-state index in [1.54, 1.807) is 36.7 Å². The second-order valence-electron chi connectivity index (χ2n) is 4.94. The normalized spacial score (nSPS) is 10.3. The van der Waals surface area contributed by atoms with Crippen molar-refractivity contribution in [1.82, 2.24) is 19.9 Å². The summed E-state index contributed by atoms with van der Waals surface area (Å²) in [6, 6.07) is 9.87. The van der Waals surface area contributed by atoms with Crippen LogP contribution in [-0.4, -0.2) is 36.9 Å². The van der Waals surface area contributed by atoms with Gasteiger partial charge in [-0.1, -0.05) is 0 Å². The van der Waals surface area contributed by atoms with Gasteiger partial charge >= 0.3 is 5.97 Å². The molecule has 5 N–H and O–H groups in total. The van der Waals surface area contributed by atoms with Crippen LogP contribution in [0.15, 0.2) is 49.1 Å². The molecule has 0 saturated heterocycles. The van der Waals surface area contributed by atoms with E-state index in [0.29, 0.717) is 5.56 Å². The van der Waals surface area contributed by atoms with Crippen LogP contribution in [0.3, 0.4) is 0 Å². The predicted molar refractivity (Wildman–Crippen MR) is 87.7 cm³/mol. The van der Waals surface area contributed by atoms with Crippen LogP contribution < -0.4 is 5.73 Å². The van der Waals surface area contributed by atoms with E-state index in [-0.39, 0.29) is 5.56 Å². The van der Waals surface area contributed by atoms with Gasteiger partial charge in [-0.05, 0) is 36.4 Å². The molecule has 2 aromatic heterocycles. The number of primary amides is 1. The van der Waals surface area contributed by atoms with Gasteiger partial charge in [0.15, 0.2) is 0 Å². The molecule has 0 bridgehead atoms. The molecule has 0 aliphatic rings. The highest BCUT2D eigenvalue weighted by molar-refractivity contribution is 5.96. The Hall–Kier alpha value is -3.68. The van der Waals surface area contributed by atoms with Gasteiger partial charge < -0.3 is 20.8 Å². The lowest BCUT2D eigenvalue weighted by molar-refractivity contribution is 0.0696. The standard InChI is InChI=1S/C8H7N3O.C8H6N2O2/c9-8(12)5-1-2-6-7(3-5)11-4-10-6;11-8(12)5-1-2-6-7(3-5)10-4-9-6/h1-4H,(H2,9,12)(H,10,11);1-4H,(H,9,10)(H,11,12). The van der Waals surface area contributed by atoms with Gasteiger partial charge in [0.25, 0.3) is 0 Å². The van der Waals surface area contributed by atoms with Crippen molar-refractivity contribution >= 4 is 33.9 Å². The molecule has 0 radical (unpaired) electrons. The monoisotopic (exact) mass is 323 g/mol. The number of carboxylic acids is 1. The number of imidazole rings is 2. The second kappa shape index (κ2) is 6.21. The third-order valence-corrected chi connectivity index (χ3v) is 3.37. The Morgan fingerprint density at radius 1 is 0.875 bits per heavy atom. The zero-order valence-electron chi connectivity index (χ0n) is 12.4. The van der Waals surface area contributed by atoms with Crippen LogP contribution >= 0.6 is 0 Å². The van der Waals surface area contributed by atoms with E-state index in [1.165, 1.54) is 12.4 Å². The number of aromatic nitrogens is 4. The number of aromatic carboxylic acids is 1. The van der Waals surface area contributed by atoms with Crippen LogP contribution in [0.1, 0.15) is 20.7 Å². The van der Waals surface area contributed by atoms with E-state index >= 15 is 0 Å². The Morgan fingerprint density at radius 2 is 1.38 bits per heavy atom. The molecular formula is C16H13N5O3. The first kappa shape index (κ1) is 15.2. The van der Waals surface area contributed by atoms with E-state index in [4.69, 9.17) is 10.8 Å². The topological polar surface area (TPSA) is 138 Å². The first-order chi connectivity index (χ1) is 11.5. The van der Waals surface area contributed by atoms with Gasteiger partial charge in [-0.25, -0.2) is 14.8 Å². The Kier molecular flexibility index (Phi) is 3.94. The van der Waals surface area contributed by atoms with E-state index in [0.717, 1.165) is 22.1 Å². The van der Waals surface area contributed by atoms with Crippen LogP contribution in [0.5, 0.6) is 0 Å². The number of hydrogen-bond donors (Lipinski definition) is 4. The van der Waals surface area contributed by atoms with Gasteiger partial charge in [0.1, 0.15) is 0 Å². The van der Waals surface area contributed by atoms with E-state index in [2.05, 4.69) is 19.9 Å². The fourth-order valence-corrected chi connectivity index (χ4v) is 2.16. The summed E-state index contributed by atoms with van der Waals surface area (Å²) in [6.07, 6.45) is 3.12. The third-order valence-electron chi connectivity index (χ3n) is 3.37.